The molecular formula is C9H9ClFNO. The number of halogens is 2. The molecule has 4 heteroatoms. The van der Waals surface area contributed by atoms with Crippen molar-refractivity contribution in [2.75, 3.05) is 6.54 Å². The molecule has 1 fully saturated rings. The number of nitrogens with one attached hydrogen (secondary N) is 1. The number of phenolic OH excluding ortho intramolecular Hbond substituents is 1. The zero-order chi connectivity index (χ0) is 9.42. The van der Waals surface area contributed by atoms with Crippen molar-refractivity contribution in [1.82, 2.24) is 5.32 Å². The molecule has 0 radical (unpaired) electrons. The Morgan fingerprint density at radius 1 is 1.54 bits per heavy atom. The average molecular weight is 202 g/mol. The van der Waals surface area contributed by atoms with Gasteiger partial charge in [0.2, 0.25) is 0 Å². The topological polar surface area (TPSA) is 32.3 Å². The van der Waals surface area contributed by atoms with Crippen molar-refractivity contribution in [2.45, 2.75) is 12.5 Å². The second kappa shape index (κ2) is 3.16. The van der Waals surface area contributed by atoms with Gasteiger partial charge < -0.3 is 10.4 Å². The molecule has 0 spiro atoms. The number of hydrogen-bond acceptors (Lipinski definition) is 2. The lowest BCUT2D eigenvalue weighted by atomic mass is 9.97. The highest BCUT2D eigenvalue weighted by Crippen LogP contribution is 2.34. The smallest absolute Gasteiger partial charge is 0.166 e. The van der Waals surface area contributed by atoms with Crippen molar-refractivity contribution in [1.29, 1.82) is 0 Å². The van der Waals surface area contributed by atoms with Gasteiger partial charge in [-0.25, -0.2) is 4.39 Å². The molecule has 0 bridgehead atoms. The summed E-state index contributed by atoms with van der Waals surface area (Å²) in [5.41, 5.74) is 0.552. The second-order valence-corrected chi connectivity index (χ2v) is 3.56. The Bertz CT molecular complexity index is 339. The van der Waals surface area contributed by atoms with E-state index in [9.17, 15) is 9.50 Å². The Morgan fingerprint density at radius 2 is 2.23 bits per heavy atom. The molecule has 1 heterocycles. The van der Waals surface area contributed by atoms with Gasteiger partial charge >= 0.3 is 0 Å². The lowest BCUT2D eigenvalue weighted by Crippen LogP contribution is -2.35. The van der Waals surface area contributed by atoms with Crippen LogP contribution in [0.15, 0.2) is 12.1 Å². The molecule has 1 aromatic carbocycles. The lowest BCUT2D eigenvalue weighted by molar-refractivity contribution is 0.355. The van der Waals surface area contributed by atoms with Gasteiger partial charge in [0.25, 0.3) is 0 Å². The molecule has 1 aliphatic heterocycles. The van der Waals surface area contributed by atoms with Gasteiger partial charge in [0.05, 0.1) is 0 Å². The van der Waals surface area contributed by atoms with Crippen LogP contribution in [-0.4, -0.2) is 11.7 Å². The molecule has 0 unspecified atom stereocenters. The van der Waals surface area contributed by atoms with Gasteiger partial charge in [-0.2, -0.15) is 0 Å². The Balaban J connectivity index is 2.42. The van der Waals surface area contributed by atoms with Crippen LogP contribution in [0.4, 0.5) is 4.39 Å². The van der Waals surface area contributed by atoms with Gasteiger partial charge in [0.15, 0.2) is 11.6 Å². The zero-order valence-electron chi connectivity index (χ0n) is 6.85. The second-order valence-electron chi connectivity index (χ2n) is 3.12. The van der Waals surface area contributed by atoms with E-state index in [2.05, 4.69) is 5.32 Å². The summed E-state index contributed by atoms with van der Waals surface area (Å²) < 4.78 is 13.0. The fourth-order valence-corrected chi connectivity index (χ4v) is 1.62. The van der Waals surface area contributed by atoms with Crippen LogP contribution >= 0.6 is 11.6 Å². The zero-order valence-corrected chi connectivity index (χ0v) is 7.61. The first kappa shape index (κ1) is 8.78. The van der Waals surface area contributed by atoms with Crippen LogP contribution in [0.5, 0.6) is 5.75 Å². The standard InChI is InChI=1S/C9H9ClFNO/c10-5-3-6(8-1-2-12-8)9(13)7(11)4-5/h3-4,8,12-13H,1-2H2/t8-/m0/s1. The van der Waals surface area contributed by atoms with E-state index in [0.29, 0.717) is 10.6 Å². The molecule has 13 heavy (non-hydrogen) atoms. The van der Waals surface area contributed by atoms with E-state index in [1.807, 2.05) is 0 Å². The van der Waals surface area contributed by atoms with Crippen molar-refractivity contribution in [3.8, 4) is 5.75 Å². The molecule has 2 N–H and O–H groups in total. The first-order chi connectivity index (χ1) is 6.18. The van der Waals surface area contributed by atoms with Crippen molar-refractivity contribution < 1.29 is 9.50 Å². The quantitative estimate of drug-likeness (QED) is 0.730. The highest BCUT2D eigenvalue weighted by atomic mass is 35.5. The molecule has 0 saturated carbocycles. The lowest BCUT2D eigenvalue weighted by Gasteiger charge is -2.28. The van der Waals surface area contributed by atoms with Gasteiger partial charge in [0, 0.05) is 16.6 Å². The summed E-state index contributed by atoms with van der Waals surface area (Å²) in [7, 11) is 0. The Morgan fingerprint density at radius 3 is 2.77 bits per heavy atom. The molecule has 0 aliphatic carbocycles. The first-order valence-electron chi connectivity index (χ1n) is 4.10. The van der Waals surface area contributed by atoms with Crippen LogP contribution in [0.25, 0.3) is 0 Å². The highest BCUT2D eigenvalue weighted by molar-refractivity contribution is 6.30. The molecular weight excluding hydrogens is 193 g/mol. The van der Waals surface area contributed by atoms with Crippen LogP contribution in [-0.2, 0) is 0 Å². The number of benzene rings is 1. The van der Waals surface area contributed by atoms with E-state index in [-0.39, 0.29) is 11.8 Å². The van der Waals surface area contributed by atoms with Crippen molar-refractivity contribution in [3.05, 3.63) is 28.5 Å². The minimum absolute atomic E-state index is 0.0493. The number of hydrogen-bond donors (Lipinski definition) is 2. The van der Waals surface area contributed by atoms with E-state index in [1.165, 1.54) is 0 Å². The minimum atomic E-state index is -0.656. The molecule has 1 aliphatic rings. The van der Waals surface area contributed by atoms with Gasteiger partial charge in [-0.3, -0.25) is 0 Å². The summed E-state index contributed by atoms with van der Waals surface area (Å²) in [6.45, 7) is 0.901. The minimum Gasteiger partial charge on any atom is -0.505 e. The van der Waals surface area contributed by atoms with Crippen LogP contribution in [0.2, 0.25) is 5.02 Å². The SMILES string of the molecule is Oc1c(F)cc(Cl)cc1[C@@H]1CCN1. The maximum Gasteiger partial charge on any atom is 0.166 e. The maximum absolute atomic E-state index is 13.0. The van der Waals surface area contributed by atoms with E-state index < -0.39 is 5.82 Å². The Hall–Kier alpha value is -0.800. The van der Waals surface area contributed by atoms with E-state index in [0.717, 1.165) is 19.0 Å². The molecule has 1 saturated heterocycles. The van der Waals surface area contributed by atoms with Crippen molar-refractivity contribution in [3.63, 3.8) is 0 Å². The summed E-state index contributed by atoms with van der Waals surface area (Å²) in [4.78, 5) is 0. The third-order valence-corrected chi connectivity index (χ3v) is 2.48. The average Bonchev–Trinajstić information content (AvgIpc) is 1.95. The Kier molecular flexibility index (Phi) is 2.14. The molecule has 70 valence electrons. The maximum atomic E-state index is 13.0. The Labute approximate surface area is 80.3 Å². The van der Waals surface area contributed by atoms with Crippen molar-refractivity contribution in [2.24, 2.45) is 0 Å². The molecule has 1 atom stereocenters. The summed E-state index contributed by atoms with van der Waals surface area (Å²) >= 11 is 5.67. The number of aromatic hydroxyl groups is 1. The molecule has 1 aromatic rings. The number of rotatable bonds is 1. The normalized spacial score (nSPS) is 21.2. The third kappa shape index (κ3) is 1.49. The summed E-state index contributed by atoms with van der Waals surface area (Å²) in [6.07, 6.45) is 0.910. The summed E-state index contributed by atoms with van der Waals surface area (Å²) in [5.74, 6) is -0.946. The molecule has 0 aromatic heterocycles. The van der Waals surface area contributed by atoms with Gasteiger partial charge in [-0.1, -0.05) is 11.6 Å². The van der Waals surface area contributed by atoms with E-state index in [1.54, 1.807) is 6.07 Å². The largest absolute Gasteiger partial charge is 0.505 e. The summed E-state index contributed by atoms with van der Waals surface area (Å²) in [6, 6.07) is 2.75. The first-order valence-corrected chi connectivity index (χ1v) is 4.47. The van der Waals surface area contributed by atoms with Crippen LogP contribution in [0.3, 0.4) is 0 Å². The molecule has 0 amide bonds. The van der Waals surface area contributed by atoms with Gasteiger partial charge in [-0.15, -0.1) is 0 Å². The third-order valence-electron chi connectivity index (χ3n) is 2.26. The molecule has 2 rings (SSSR count). The van der Waals surface area contributed by atoms with E-state index in [4.69, 9.17) is 11.6 Å². The highest BCUT2D eigenvalue weighted by Gasteiger charge is 2.23. The van der Waals surface area contributed by atoms with Gasteiger partial charge in [-0.05, 0) is 25.1 Å². The fourth-order valence-electron chi connectivity index (χ4n) is 1.41. The fraction of sp³-hybridized carbons (Fsp3) is 0.333. The van der Waals surface area contributed by atoms with Crippen LogP contribution < -0.4 is 5.32 Å². The molecule has 2 nitrogen and oxygen atoms in total. The monoisotopic (exact) mass is 201 g/mol. The predicted octanol–water partition coefficient (Wildman–Crippen LogP) is 2.22. The summed E-state index contributed by atoms with van der Waals surface area (Å²) in [5, 5.41) is 12.8. The van der Waals surface area contributed by atoms with E-state index >= 15 is 0 Å². The van der Waals surface area contributed by atoms with Crippen molar-refractivity contribution >= 4 is 11.6 Å². The number of phenols is 1. The van der Waals surface area contributed by atoms with Crippen LogP contribution in [0, 0.1) is 5.82 Å². The van der Waals surface area contributed by atoms with Crippen LogP contribution in [0.1, 0.15) is 18.0 Å². The predicted molar refractivity (Wildman–Crippen MR) is 48.4 cm³/mol. The van der Waals surface area contributed by atoms with Gasteiger partial charge in [0.1, 0.15) is 0 Å².